The fraction of sp³-hybridized carbons (Fsp3) is 0.478. The van der Waals surface area contributed by atoms with E-state index in [1.807, 2.05) is 19.1 Å². The van der Waals surface area contributed by atoms with Crippen LogP contribution in [-0.2, 0) is 15.6 Å². The summed E-state index contributed by atoms with van der Waals surface area (Å²) in [5.74, 6) is -0.307. The van der Waals surface area contributed by atoms with Crippen LogP contribution in [-0.4, -0.2) is 32.5 Å². The van der Waals surface area contributed by atoms with Gasteiger partial charge in [-0.05, 0) is 0 Å². The normalized spacial score (nSPS) is 17.3. The number of carbonyl (C=O) groups is 1. The van der Waals surface area contributed by atoms with Crippen molar-refractivity contribution in [1.82, 2.24) is 4.98 Å². The molecule has 2 aromatic rings. The molecule has 1 heterocycles. The number of benzene rings is 1. The summed E-state index contributed by atoms with van der Waals surface area (Å²) in [6.07, 6.45) is 4.08. The van der Waals surface area contributed by atoms with Crippen LogP contribution < -0.4 is 9.05 Å². The van der Waals surface area contributed by atoms with E-state index in [4.69, 9.17) is 4.74 Å². The first-order chi connectivity index (χ1) is 12.6. The second-order valence-corrected chi connectivity index (χ2v) is 10.9. The number of carbonyl (C=O) groups excluding carboxylic acids is 1. The van der Waals surface area contributed by atoms with Gasteiger partial charge >= 0.3 is 169 Å². The molecule has 0 atom stereocenters. The van der Waals surface area contributed by atoms with Gasteiger partial charge in [0.2, 0.25) is 0 Å². The van der Waals surface area contributed by atoms with Crippen molar-refractivity contribution in [3.8, 4) is 0 Å². The molecule has 0 amide bonds. The Kier molecular flexibility index (Phi) is 5.52. The van der Waals surface area contributed by atoms with Gasteiger partial charge in [0, 0.05) is 0 Å². The van der Waals surface area contributed by atoms with Crippen LogP contribution >= 0.6 is 0 Å². The number of hydrogen-bond acceptors (Lipinski definition) is 3. The number of aryl methyl sites for hydroxylation is 1. The van der Waals surface area contributed by atoms with E-state index in [9.17, 15) is 4.79 Å². The molecular formula is C23H29NO2Se. The molecule has 0 spiro atoms. The van der Waals surface area contributed by atoms with Crippen LogP contribution in [0.5, 0.6) is 0 Å². The summed E-state index contributed by atoms with van der Waals surface area (Å²) < 4.78 is 7.45. The molecule has 4 heteroatoms. The average molecular weight is 430 g/mol. The Morgan fingerprint density at radius 3 is 2.30 bits per heavy atom. The van der Waals surface area contributed by atoms with Gasteiger partial charge in [0.05, 0.1) is 0 Å². The van der Waals surface area contributed by atoms with Crippen molar-refractivity contribution >= 4 is 30.0 Å². The second-order valence-electron chi connectivity index (χ2n) is 8.64. The summed E-state index contributed by atoms with van der Waals surface area (Å²) in [5, 5.41) is 0. The molecule has 144 valence electrons. The molecule has 0 radical (unpaired) electrons. The quantitative estimate of drug-likeness (QED) is 0.550. The van der Waals surface area contributed by atoms with Crippen molar-refractivity contribution in [1.29, 1.82) is 0 Å². The molecule has 3 nitrogen and oxygen atoms in total. The molecule has 0 saturated heterocycles. The van der Waals surface area contributed by atoms with Crippen LogP contribution in [0, 0.1) is 6.92 Å². The topological polar surface area (TPSA) is 39.2 Å². The third-order valence-electron chi connectivity index (χ3n) is 5.61. The fourth-order valence-corrected chi connectivity index (χ4v) is 5.51. The monoisotopic (exact) mass is 431 g/mol. The van der Waals surface area contributed by atoms with E-state index in [1.54, 1.807) is 6.20 Å². The molecule has 3 rings (SSSR count). The maximum absolute atomic E-state index is 11.8. The van der Waals surface area contributed by atoms with Gasteiger partial charge in [0.15, 0.2) is 0 Å². The number of rotatable bonds is 4. The van der Waals surface area contributed by atoms with Gasteiger partial charge in [-0.3, -0.25) is 0 Å². The van der Waals surface area contributed by atoms with Gasteiger partial charge in [-0.25, -0.2) is 0 Å². The van der Waals surface area contributed by atoms with Crippen molar-refractivity contribution in [3.05, 3.63) is 52.7 Å². The maximum atomic E-state index is 11.8. The van der Waals surface area contributed by atoms with Gasteiger partial charge in [-0.15, -0.1) is 0 Å². The third-order valence-corrected chi connectivity index (χ3v) is 7.94. The van der Waals surface area contributed by atoms with E-state index >= 15 is 0 Å². The summed E-state index contributed by atoms with van der Waals surface area (Å²) in [6, 6.07) is 8.61. The zero-order valence-corrected chi connectivity index (χ0v) is 18.9. The molecule has 0 bridgehead atoms. The van der Waals surface area contributed by atoms with Crippen LogP contribution in [0.1, 0.15) is 74.5 Å². The zero-order valence-electron chi connectivity index (χ0n) is 17.2. The second kappa shape index (κ2) is 7.41. The number of hydrogen-bond donors (Lipinski definition) is 0. The summed E-state index contributed by atoms with van der Waals surface area (Å²) >= 11 is 0.115. The standard InChI is InChI=1S/C23H29NO2Se/c1-7-26-21(25)16-8-9-20(24-14-16)27-19-13-18-17(12-15(19)2)22(3,4)10-11-23(18,5)6/h8-9,12-14H,7,10-11H2,1-6H3. The molecule has 0 saturated carbocycles. The molecule has 27 heavy (non-hydrogen) atoms. The number of fused-ring (bicyclic) bond motifs is 1. The van der Waals surface area contributed by atoms with Gasteiger partial charge in [-0.2, -0.15) is 0 Å². The molecule has 1 aromatic carbocycles. The molecule has 1 aromatic heterocycles. The number of pyridine rings is 1. The summed E-state index contributed by atoms with van der Waals surface area (Å²) in [6.45, 7) is 13.8. The summed E-state index contributed by atoms with van der Waals surface area (Å²) in [5.41, 5.74) is 5.30. The molecule has 1 aliphatic rings. The van der Waals surface area contributed by atoms with Crippen LogP contribution in [0.3, 0.4) is 0 Å². The van der Waals surface area contributed by atoms with E-state index in [1.165, 1.54) is 34.0 Å². The SMILES string of the molecule is CCOC(=O)c1ccc([Se]c2cc3c(cc2C)C(C)(C)CCC3(C)C)nc1. The molecule has 0 aliphatic heterocycles. The zero-order chi connectivity index (χ0) is 19.8. The molecular weight excluding hydrogens is 401 g/mol. The Morgan fingerprint density at radius 2 is 1.74 bits per heavy atom. The average Bonchev–Trinajstić information content (AvgIpc) is 2.61. The van der Waals surface area contributed by atoms with Crippen molar-refractivity contribution in [2.45, 2.75) is 65.2 Å². The minimum atomic E-state index is -0.307. The predicted octanol–water partition coefficient (Wildman–Crippen LogP) is 3.57. The minimum absolute atomic E-state index is 0.115. The van der Waals surface area contributed by atoms with Gasteiger partial charge in [0.1, 0.15) is 0 Å². The van der Waals surface area contributed by atoms with Crippen LogP contribution in [0.15, 0.2) is 30.5 Å². The third kappa shape index (κ3) is 4.12. The Morgan fingerprint density at radius 1 is 1.11 bits per heavy atom. The van der Waals surface area contributed by atoms with Crippen molar-refractivity contribution in [2.24, 2.45) is 0 Å². The molecule has 1 aliphatic carbocycles. The molecule has 0 unspecified atom stereocenters. The number of esters is 1. The summed E-state index contributed by atoms with van der Waals surface area (Å²) in [7, 11) is 0. The Hall–Kier alpha value is -1.64. The van der Waals surface area contributed by atoms with E-state index in [0.717, 1.165) is 4.59 Å². The number of ether oxygens (including phenoxy) is 1. The van der Waals surface area contributed by atoms with Crippen LogP contribution in [0.25, 0.3) is 0 Å². The van der Waals surface area contributed by atoms with Crippen LogP contribution in [0.4, 0.5) is 0 Å². The van der Waals surface area contributed by atoms with E-state index in [0.29, 0.717) is 12.2 Å². The molecule has 0 N–H and O–H groups in total. The summed E-state index contributed by atoms with van der Waals surface area (Å²) in [4.78, 5) is 16.3. The van der Waals surface area contributed by atoms with Crippen molar-refractivity contribution < 1.29 is 9.53 Å². The Bertz CT molecular complexity index is 853. The first kappa shape index (κ1) is 20.1. The van der Waals surface area contributed by atoms with E-state index in [-0.39, 0.29) is 31.8 Å². The molecule has 0 fully saturated rings. The van der Waals surface area contributed by atoms with Crippen LogP contribution in [0.2, 0.25) is 0 Å². The van der Waals surface area contributed by atoms with E-state index in [2.05, 4.69) is 51.7 Å². The van der Waals surface area contributed by atoms with Gasteiger partial charge < -0.3 is 0 Å². The van der Waals surface area contributed by atoms with E-state index < -0.39 is 0 Å². The first-order valence-corrected chi connectivity index (χ1v) is 11.3. The van der Waals surface area contributed by atoms with Gasteiger partial charge in [-0.1, -0.05) is 0 Å². The fourth-order valence-electron chi connectivity index (χ4n) is 3.70. The Balaban J connectivity index is 1.91. The first-order valence-electron chi connectivity index (χ1n) is 9.61. The van der Waals surface area contributed by atoms with Crippen molar-refractivity contribution in [3.63, 3.8) is 0 Å². The predicted molar refractivity (Wildman–Crippen MR) is 112 cm³/mol. The Labute approximate surface area is 169 Å². The van der Waals surface area contributed by atoms with Crippen molar-refractivity contribution in [2.75, 3.05) is 6.61 Å². The number of nitrogens with zero attached hydrogens (tertiary/aromatic N) is 1. The number of aromatic nitrogens is 1. The van der Waals surface area contributed by atoms with Gasteiger partial charge in [0.25, 0.3) is 0 Å².